The predicted molar refractivity (Wildman–Crippen MR) is 60.2 cm³/mol. The first-order valence-corrected chi connectivity index (χ1v) is 6.13. The van der Waals surface area contributed by atoms with Crippen LogP contribution in [0.25, 0.3) is 0 Å². The van der Waals surface area contributed by atoms with Crippen LogP contribution in [0.3, 0.4) is 0 Å². The Hall–Kier alpha value is 0.280. The zero-order chi connectivity index (χ0) is 9.47. The maximum absolute atomic E-state index is 6.12. The first kappa shape index (κ1) is 9.82. The van der Waals surface area contributed by atoms with Gasteiger partial charge in [-0.1, -0.05) is 18.5 Å². The van der Waals surface area contributed by atoms with Gasteiger partial charge in [0.2, 0.25) is 0 Å². The van der Waals surface area contributed by atoms with Crippen molar-refractivity contribution in [2.24, 2.45) is 0 Å². The second kappa shape index (κ2) is 3.45. The summed E-state index contributed by atoms with van der Waals surface area (Å²) in [5, 5.41) is 0.353. The van der Waals surface area contributed by atoms with Gasteiger partial charge in [0.15, 0.2) is 0 Å². The highest BCUT2D eigenvalue weighted by molar-refractivity contribution is 7.16. The van der Waals surface area contributed by atoms with Gasteiger partial charge in [0, 0.05) is 15.7 Å². The van der Waals surface area contributed by atoms with Crippen LogP contribution < -0.4 is 0 Å². The SMILES string of the molecule is CC1(c2ccc(Cl)s2)CCC(Cl)C1. The lowest BCUT2D eigenvalue weighted by atomic mass is 9.87. The number of thiophene rings is 1. The van der Waals surface area contributed by atoms with Crippen molar-refractivity contribution in [3.63, 3.8) is 0 Å². The summed E-state index contributed by atoms with van der Waals surface area (Å²) in [7, 11) is 0. The highest BCUT2D eigenvalue weighted by Crippen LogP contribution is 2.45. The molecule has 0 saturated heterocycles. The average Bonchev–Trinajstić information content (AvgIpc) is 2.60. The average molecular weight is 235 g/mol. The van der Waals surface area contributed by atoms with Crippen LogP contribution in [0.15, 0.2) is 12.1 Å². The largest absolute Gasteiger partial charge is 0.128 e. The Morgan fingerprint density at radius 3 is 2.77 bits per heavy atom. The van der Waals surface area contributed by atoms with E-state index in [0.29, 0.717) is 5.38 Å². The molecule has 2 rings (SSSR count). The molecule has 0 nitrogen and oxygen atoms in total. The number of alkyl halides is 1. The van der Waals surface area contributed by atoms with E-state index >= 15 is 0 Å². The Kier molecular flexibility index (Phi) is 2.61. The third-order valence-electron chi connectivity index (χ3n) is 2.85. The van der Waals surface area contributed by atoms with E-state index in [0.717, 1.165) is 17.2 Å². The molecule has 0 amide bonds. The maximum atomic E-state index is 6.12. The minimum atomic E-state index is 0.282. The molecule has 0 bridgehead atoms. The zero-order valence-corrected chi connectivity index (χ0v) is 9.85. The standard InChI is InChI=1S/C10H12Cl2S/c1-10(5-4-7(11)6-10)8-2-3-9(12)13-8/h2-3,7H,4-6H2,1H3. The Morgan fingerprint density at radius 2 is 2.31 bits per heavy atom. The summed E-state index contributed by atoms with van der Waals surface area (Å²) in [5.41, 5.74) is 0.282. The Morgan fingerprint density at radius 1 is 1.54 bits per heavy atom. The van der Waals surface area contributed by atoms with E-state index in [1.54, 1.807) is 11.3 Å². The van der Waals surface area contributed by atoms with Gasteiger partial charge < -0.3 is 0 Å². The molecule has 2 atom stereocenters. The van der Waals surface area contributed by atoms with Crippen LogP contribution in [0.1, 0.15) is 31.1 Å². The van der Waals surface area contributed by atoms with E-state index < -0.39 is 0 Å². The normalized spacial score (nSPS) is 33.9. The van der Waals surface area contributed by atoms with E-state index in [1.165, 1.54) is 11.3 Å². The van der Waals surface area contributed by atoms with Crippen molar-refractivity contribution >= 4 is 34.5 Å². The van der Waals surface area contributed by atoms with Gasteiger partial charge in [0.05, 0.1) is 4.34 Å². The third kappa shape index (κ3) is 1.88. The van der Waals surface area contributed by atoms with Crippen LogP contribution in [0.2, 0.25) is 4.34 Å². The van der Waals surface area contributed by atoms with Gasteiger partial charge in [-0.3, -0.25) is 0 Å². The molecular formula is C10H12Cl2S. The van der Waals surface area contributed by atoms with Gasteiger partial charge >= 0.3 is 0 Å². The number of halogens is 2. The molecule has 2 unspecified atom stereocenters. The maximum Gasteiger partial charge on any atom is 0.0931 e. The molecule has 1 heterocycles. The highest BCUT2D eigenvalue weighted by atomic mass is 35.5. The molecule has 0 aliphatic heterocycles. The summed E-state index contributed by atoms with van der Waals surface area (Å²) in [6.07, 6.45) is 3.41. The van der Waals surface area contributed by atoms with Gasteiger partial charge in [-0.05, 0) is 31.4 Å². The van der Waals surface area contributed by atoms with Crippen molar-refractivity contribution in [3.05, 3.63) is 21.3 Å². The lowest BCUT2D eigenvalue weighted by molar-refractivity contribution is 0.503. The van der Waals surface area contributed by atoms with E-state index in [-0.39, 0.29) is 5.41 Å². The molecular weight excluding hydrogens is 223 g/mol. The Bertz CT molecular complexity index is 308. The fourth-order valence-corrected chi connectivity index (χ4v) is 3.71. The van der Waals surface area contributed by atoms with Crippen LogP contribution in [0.4, 0.5) is 0 Å². The fourth-order valence-electron chi connectivity index (χ4n) is 2.03. The molecule has 0 aromatic carbocycles. The molecule has 0 N–H and O–H groups in total. The van der Waals surface area contributed by atoms with Crippen molar-refractivity contribution < 1.29 is 0 Å². The van der Waals surface area contributed by atoms with Crippen LogP contribution >= 0.6 is 34.5 Å². The lowest BCUT2D eigenvalue weighted by Crippen LogP contribution is -2.15. The summed E-state index contributed by atoms with van der Waals surface area (Å²) in [6.45, 7) is 2.29. The molecule has 1 aliphatic carbocycles. The summed E-state index contributed by atoms with van der Waals surface area (Å²) in [4.78, 5) is 1.39. The van der Waals surface area contributed by atoms with Gasteiger partial charge in [-0.15, -0.1) is 22.9 Å². The quantitative estimate of drug-likeness (QED) is 0.631. The summed E-state index contributed by atoms with van der Waals surface area (Å²) >= 11 is 13.7. The van der Waals surface area contributed by atoms with Crippen molar-refractivity contribution in [1.82, 2.24) is 0 Å². The van der Waals surface area contributed by atoms with Crippen molar-refractivity contribution in [2.75, 3.05) is 0 Å². The minimum absolute atomic E-state index is 0.282. The lowest BCUT2D eigenvalue weighted by Gasteiger charge is -2.21. The van der Waals surface area contributed by atoms with E-state index in [4.69, 9.17) is 23.2 Å². The van der Waals surface area contributed by atoms with E-state index in [9.17, 15) is 0 Å². The third-order valence-corrected chi connectivity index (χ3v) is 4.76. The summed E-state index contributed by atoms with van der Waals surface area (Å²) in [5.74, 6) is 0. The Balaban J connectivity index is 2.25. The predicted octanol–water partition coefficient (Wildman–Crippen LogP) is 4.45. The zero-order valence-electron chi connectivity index (χ0n) is 7.52. The summed E-state index contributed by atoms with van der Waals surface area (Å²) < 4.78 is 0.884. The van der Waals surface area contributed by atoms with Gasteiger partial charge in [0.1, 0.15) is 0 Å². The Labute approximate surface area is 92.9 Å². The molecule has 1 aromatic heterocycles. The molecule has 1 saturated carbocycles. The molecule has 72 valence electrons. The second-order valence-electron chi connectivity index (χ2n) is 4.00. The first-order chi connectivity index (χ1) is 6.10. The highest BCUT2D eigenvalue weighted by Gasteiger charge is 2.36. The molecule has 1 aromatic rings. The van der Waals surface area contributed by atoms with Crippen molar-refractivity contribution in [2.45, 2.75) is 37.0 Å². The number of hydrogen-bond donors (Lipinski definition) is 0. The van der Waals surface area contributed by atoms with Crippen LogP contribution in [-0.4, -0.2) is 5.38 Å². The monoisotopic (exact) mass is 234 g/mol. The van der Waals surface area contributed by atoms with Gasteiger partial charge in [-0.2, -0.15) is 0 Å². The van der Waals surface area contributed by atoms with E-state index in [1.807, 2.05) is 6.07 Å². The second-order valence-corrected chi connectivity index (χ2v) is 6.34. The molecule has 0 spiro atoms. The van der Waals surface area contributed by atoms with Crippen molar-refractivity contribution in [1.29, 1.82) is 0 Å². The summed E-state index contributed by atoms with van der Waals surface area (Å²) in [6, 6.07) is 4.12. The molecule has 0 radical (unpaired) electrons. The van der Waals surface area contributed by atoms with Crippen LogP contribution in [-0.2, 0) is 5.41 Å². The van der Waals surface area contributed by atoms with E-state index in [2.05, 4.69) is 13.0 Å². The van der Waals surface area contributed by atoms with Gasteiger partial charge in [0.25, 0.3) is 0 Å². The molecule has 1 aliphatic rings. The minimum Gasteiger partial charge on any atom is -0.128 e. The van der Waals surface area contributed by atoms with Crippen LogP contribution in [0, 0.1) is 0 Å². The molecule has 1 fully saturated rings. The fraction of sp³-hybridized carbons (Fsp3) is 0.600. The van der Waals surface area contributed by atoms with Crippen LogP contribution in [0.5, 0.6) is 0 Å². The number of hydrogen-bond acceptors (Lipinski definition) is 1. The number of rotatable bonds is 1. The van der Waals surface area contributed by atoms with Crippen molar-refractivity contribution in [3.8, 4) is 0 Å². The molecule has 3 heteroatoms. The first-order valence-electron chi connectivity index (χ1n) is 4.50. The molecule has 13 heavy (non-hydrogen) atoms. The van der Waals surface area contributed by atoms with Gasteiger partial charge in [-0.25, -0.2) is 0 Å². The smallest absolute Gasteiger partial charge is 0.0931 e. The topological polar surface area (TPSA) is 0 Å².